The van der Waals surface area contributed by atoms with Gasteiger partial charge in [0, 0.05) is 30.6 Å². The van der Waals surface area contributed by atoms with Crippen molar-refractivity contribution >= 4 is 33.4 Å². The first kappa shape index (κ1) is 22.9. The van der Waals surface area contributed by atoms with Gasteiger partial charge in [0.2, 0.25) is 15.9 Å². The van der Waals surface area contributed by atoms with Gasteiger partial charge in [0.05, 0.1) is 10.9 Å². The fourth-order valence-electron chi connectivity index (χ4n) is 2.71. The highest BCUT2D eigenvalue weighted by molar-refractivity contribution is 7.89. The summed E-state index contributed by atoms with van der Waals surface area (Å²) in [4.78, 5) is 26.0. The number of carbonyl (C=O) groups excluding carboxylic acids is 2. The molecule has 3 N–H and O–H groups in total. The molecule has 7 nitrogen and oxygen atoms in total. The second-order valence-corrected chi connectivity index (χ2v) is 8.66. The van der Waals surface area contributed by atoms with Crippen LogP contribution < -0.4 is 10.5 Å². The summed E-state index contributed by atoms with van der Waals surface area (Å²) < 4.78 is 23.0. The van der Waals surface area contributed by atoms with Gasteiger partial charge < -0.3 is 10.2 Å². The minimum Gasteiger partial charge on any atom is -0.352 e. The highest BCUT2D eigenvalue weighted by atomic mass is 35.5. The normalized spacial score (nSPS) is 12.3. The smallest absolute Gasteiger partial charge is 0.251 e. The van der Waals surface area contributed by atoms with Crippen molar-refractivity contribution in [3.8, 4) is 0 Å². The lowest BCUT2D eigenvalue weighted by molar-refractivity contribution is -0.131. The number of halogens is 1. The van der Waals surface area contributed by atoms with Crippen LogP contribution in [-0.4, -0.2) is 38.7 Å². The number of nitrogens with one attached hydrogen (secondary N) is 1. The molecule has 2 aromatic rings. The average Bonchev–Trinajstić information content (AvgIpc) is 2.69. The van der Waals surface area contributed by atoms with Crippen molar-refractivity contribution in [3.63, 3.8) is 0 Å². The van der Waals surface area contributed by atoms with Gasteiger partial charge in [-0.15, -0.1) is 0 Å². The van der Waals surface area contributed by atoms with Gasteiger partial charge in [0.25, 0.3) is 5.91 Å². The number of sulfonamides is 1. The first-order valence-electron chi connectivity index (χ1n) is 9.02. The quantitative estimate of drug-likeness (QED) is 0.618. The lowest BCUT2D eigenvalue weighted by atomic mass is 10.1. The first-order valence-corrected chi connectivity index (χ1v) is 10.9. The molecule has 0 heterocycles. The molecule has 0 fully saturated rings. The number of nitrogens with two attached hydrogens (primary N) is 1. The van der Waals surface area contributed by atoms with Crippen molar-refractivity contribution in [1.82, 2.24) is 10.2 Å². The van der Waals surface area contributed by atoms with Gasteiger partial charge in [-0.1, -0.05) is 23.7 Å². The predicted molar refractivity (Wildman–Crippen MR) is 112 cm³/mol. The summed E-state index contributed by atoms with van der Waals surface area (Å²) in [5, 5.41) is 8.49. The van der Waals surface area contributed by atoms with E-state index in [0.717, 1.165) is 0 Å². The van der Waals surface area contributed by atoms with Crippen molar-refractivity contribution in [3.05, 3.63) is 64.7 Å². The number of rotatable bonds is 8. The second-order valence-electron chi connectivity index (χ2n) is 6.66. The number of hydrogen-bond acceptors (Lipinski definition) is 4. The van der Waals surface area contributed by atoms with Gasteiger partial charge >= 0.3 is 0 Å². The molecule has 1 atom stereocenters. The van der Waals surface area contributed by atoms with Crippen LogP contribution in [0.4, 0.5) is 0 Å². The molecule has 29 heavy (non-hydrogen) atoms. The third-order valence-electron chi connectivity index (χ3n) is 4.60. The molecule has 1 unspecified atom stereocenters. The molecule has 0 aliphatic heterocycles. The van der Waals surface area contributed by atoms with E-state index in [9.17, 15) is 18.0 Å². The predicted octanol–water partition coefficient (Wildman–Crippen LogP) is 2.72. The van der Waals surface area contributed by atoms with E-state index in [1.54, 1.807) is 48.3 Å². The molecule has 2 rings (SSSR count). The Labute approximate surface area is 175 Å². The SMILES string of the molecule is CC(c1cccc(S(N)(=O)=O)c1)N(C)C(=O)CCCNC(=O)c1ccc(Cl)cc1. The maximum Gasteiger partial charge on any atom is 0.251 e. The summed E-state index contributed by atoms with van der Waals surface area (Å²) in [6, 6.07) is 12.4. The van der Waals surface area contributed by atoms with Crippen LogP contribution in [0.5, 0.6) is 0 Å². The number of amides is 2. The van der Waals surface area contributed by atoms with E-state index >= 15 is 0 Å². The fraction of sp³-hybridized carbons (Fsp3) is 0.300. The molecule has 0 aliphatic carbocycles. The Balaban J connectivity index is 1.85. The highest BCUT2D eigenvalue weighted by Crippen LogP contribution is 2.22. The van der Waals surface area contributed by atoms with Crippen LogP contribution in [0.3, 0.4) is 0 Å². The van der Waals surface area contributed by atoms with Crippen LogP contribution in [0.2, 0.25) is 5.02 Å². The van der Waals surface area contributed by atoms with Gasteiger partial charge in [-0.25, -0.2) is 13.6 Å². The average molecular weight is 438 g/mol. The lowest BCUT2D eigenvalue weighted by Crippen LogP contribution is -2.31. The maximum atomic E-state index is 12.4. The van der Waals surface area contributed by atoms with Crippen molar-refractivity contribution in [1.29, 1.82) is 0 Å². The van der Waals surface area contributed by atoms with E-state index in [2.05, 4.69) is 5.32 Å². The zero-order valence-corrected chi connectivity index (χ0v) is 17.8. The largest absolute Gasteiger partial charge is 0.352 e. The van der Waals surface area contributed by atoms with Crippen LogP contribution in [0.1, 0.15) is 41.7 Å². The van der Waals surface area contributed by atoms with Gasteiger partial charge in [-0.05, 0) is 55.3 Å². The summed E-state index contributed by atoms with van der Waals surface area (Å²) in [6.07, 6.45) is 0.725. The fourth-order valence-corrected chi connectivity index (χ4v) is 3.41. The standard InChI is InChI=1S/C20H24ClN3O4S/c1-14(16-5-3-6-18(13-16)29(22,27)28)24(2)19(25)7-4-12-23-20(26)15-8-10-17(21)11-9-15/h3,5-6,8-11,13-14H,4,7,12H2,1-2H3,(H,23,26)(H2,22,27,28). The molecule has 0 saturated carbocycles. The third kappa shape index (κ3) is 6.56. The van der Waals surface area contributed by atoms with Crippen molar-refractivity contribution in [2.45, 2.75) is 30.7 Å². The molecular formula is C20H24ClN3O4S. The van der Waals surface area contributed by atoms with Crippen molar-refractivity contribution < 1.29 is 18.0 Å². The molecule has 9 heteroatoms. The van der Waals surface area contributed by atoms with Gasteiger partial charge in [0.15, 0.2) is 0 Å². The Morgan fingerprint density at radius 2 is 1.83 bits per heavy atom. The Bertz CT molecular complexity index is 977. The van der Waals surface area contributed by atoms with E-state index in [-0.39, 0.29) is 29.2 Å². The van der Waals surface area contributed by atoms with E-state index < -0.39 is 10.0 Å². The van der Waals surface area contributed by atoms with Gasteiger partial charge in [-0.3, -0.25) is 9.59 Å². The number of nitrogens with zero attached hydrogens (tertiary/aromatic N) is 1. The molecule has 0 bridgehead atoms. The zero-order valence-electron chi connectivity index (χ0n) is 16.3. The molecule has 0 aromatic heterocycles. The topological polar surface area (TPSA) is 110 Å². The van der Waals surface area contributed by atoms with Crippen LogP contribution in [-0.2, 0) is 14.8 Å². The maximum absolute atomic E-state index is 12.4. The lowest BCUT2D eigenvalue weighted by Gasteiger charge is -2.25. The van der Waals surface area contributed by atoms with E-state index in [0.29, 0.717) is 29.1 Å². The van der Waals surface area contributed by atoms with E-state index in [4.69, 9.17) is 16.7 Å². The minimum atomic E-state index is -3.81. The van der Waals surface area contributed by atoms with Crippen molar-refractivity contribution in [2.24, 2.45) is 5.14 Å². The minimum absolute atomic E-state index is 0.00705. The molecule has 156 valence electrons. The first-order chi connectivity index (χ1) is 13.6. The Kier molecular flexibility index (Phi) is 7.78. The van der Waals surface area contributed by atoms with Crippen molar-refractivity contribution in [2.75, 3.05) is 13.6 Å². The molecule has 0 aliphatic rings. The molecule has 2 aromatic carbocycles. The number of benzene rings is 2. The van der Waals surface area contributed by atoms with Crippen LogP contribution >= 0.6 is 11.6 Å². The molecule has 0 radical (unpaired) electrons. The van der Waals surface area contributed by atoms with Gasteiger partial charge in [0.1, 0.15) is 0 Å². The van der Waals surface area contributed by atoms with E-state index in [1.165, 1.54) is 12.1 Å². The number of carbonyl (C=O) groups is 2. The summed E-state index contributed by atoms with van der Waals surface area (Å²) in [5.41, 5.74) is 1.17. The van der Waals surface area contributed by atoms with Gasteiger partial charge in [-0.2, -0.15) is 0 Å². The number of primary sulfonamides is 1. The van der Waals surface area contributed by atoms with Crippen LogP contribution in [0.15, 0.2) is 53.4 Å². The summed E-state index contributed by atoms with van der Waals surface area (Å²) in [7, 11) is -2.15. The molecule has 0 spiro atoms. The molecular weight excluding hydrogens is 414 g/mol. The monoisotopic (exact) mass is 437 g/mol. The molecule has 2 amide bonds. The highest BCUT2D eigenvalue weighted by Gasteiger charge is 2.19. The van der Waals surface area contributed by atoms with Crippen LogP contribution in [0.25, 0.3) is 0 Å². The summed E-state index contributed by atoms with van der Waals surface area (Å²) in [6.45, 7) is 2.17. The number of hydrogen-bond donors (Lipinski definition) is 2. The zero-order chi connectivity index (χ0) is 21.6. The second kappa shape index (κ2) is 9.87. The summed E-state index contributed by atoms with van der Waals surface area (Å²) >= 11 is 5.80. The Morgan fingerprint density at radius 1 is 1.17 bits per heavy atom. The Morgan fingerprint density at radius 3 is 2.45 bits per heavy atom. The molecule has 0 saturated heterocycles. The Hall–Kier alpha value is -2.42. The summed E-state index contributed by atoms with van der Waals surface area (Å²) in [5.74, 6) is -0.338. The van der Waals surface area contributed by atoms with Crippen LogP contribution in [0, 0.1) is 0 Å². The van der Waals surface area contributed by atoms with E-state index in [1.807, 2.05) is 6.92 Å². The third-order valence-corrected chi connectivity index (χ3v) is 5.77.